The molecule has 0 bridgehead atoms. The Kier molecular flexibility index (Phi) is 6.98. The highest BCUT2D eigenvalue weighted by Gasteiger charge is 2.49. The highest BCUT2D eigenvalue weighted by Crippen LogP contribution is 2.56. The molecule has 4 rings (SSSR count). The van der Waals surface area contributed by atoms with Crippen LogP contribution in [0.15, 0.2) is 48.5 Å². The van der Waals surface area contributed by atoms with Gasteiger partial charge in [0.15, 0.2) is 17.2 Å². The van der Waals surface area contributed by atoms with E-state index in [4.69, 9.17) is 31.9 Å². The first-order valence-electron chi connectivity index (χ1n) is 11.0. The highest BCUT2D eigenvalue weighted by atomic mass is 35.5. The molecule has 0 radical (unpaired) electrons. The lowest BCUT2D eigenvalue weighted by Gasteiger charge is -2.33. The maximum absolute atomic E-state index is 15.8. The molecule has 0 spiro atoms. The molecular weight excluding hydrogens is 478 g/mol. The first kappa shape index (κ1) is 24.9. The van der Waals surface area contributed by atoms with Gasteiger partial charge in [-0.3, -0.25) is 4.79 Å². The van der Waals surface area contributed by atoms with Gasteiger partial charge in [0.05, 0.1) is 17.2 Å². The van der Waals surface area contributed by atoms with Gasteiger partial charge in [-0.25, -0.2) is 8.78 Å². The number of nitrogens with two attached hydrogens (primary N) is 1. The first-order chi connectivity index (χ1) is 16.8. The van der Waals surface area contributed by atoms with Crippen LogP contribution in [0.5, 0.6) is 11.5 Å². The lowest BCUT2D eigenvalue weighted by atomic mass is 9.77. The Morgan fingerprint density at radius 3 is 2.57 bits per heavy atom. The fourth-order valence-electron chi connectivity index (χ4n) is 4.75. The number of ether oxygens (including phenoxy) is 2. The Morgan fingerprint density at radius 2 is 1.94 bits per heavy atom. The summed E-state index contributed by atoms with van der Waals surface area (Å²) < 4.78 is 42.6. The maximum atomic E-state index is 15.8. The summed E-state index contributed by atoms with van der Waals surface area (Å²) in [4.78, 5) is 12.3. The molecule has 9 heteroatoms. The summed E-state index contributed by atoms with van der Waals surface area (Å²) in [5.41, 5.74) is 5.38. The fraction of sp³-hybridized carbons (Fsp3) is 0.269. The summed E-state index contributed by atoms with van der Waals surface area (Å²) >= 11 is 6.45. The van der Waals surface area contributed by atoms with E-state index in [1.807, 2.05) is 37.3 Å². The molecule has 0 saturated carbocycles. The van der Waals surface area contributed by atoms with Crippen molar-refractivity contribution in [2.75, 3.05) is 26.8 Å². The molecule has 1 amide bonds. The Labute approximate surface area is 206 Å². The van der Waals surface area contributed by atoms with Crippen molar-refractivity contribution in [1.29, 1.82) is 0 Å². The minimum Gasteiger partial charge on any atom is -0.488 e. The average molecular weight is 503 g/mol. The third-order valence-corrected chi connectivity index (χ3v) is 6.69. The molecule has 6 nitrogen and oxygen atoms in total. The molecule has 0 fully saturated rings. The SMILES string of the molecule is CNCC1(c2ccccc2)Oc2cc(F)c(Cl)c(-c3c(C(N)=O)ccc(OCCO)c3F)c2C1C. The number of halogens is 3. The molecule has 1 heterocycles. The predicted molar refractivity (Wildman–Crippen MR) is 129 cm³/mol. The fourth-order valence-corrected chi connectivity index (χ4v) is 5.00. The monoisotopic (exact) mass is 502 g/mol. The number of primary amides is 1. The van der Waals surface area contributed by atoms with E-state index in [0.29, 0.717) is 12.1 Å². The van der Waals surface area contributed by atoms with Crippen LogP contribution in [0.2, 0.25) is 5.02 Å². The van der Waals surface area contributed by atoms with E-state index >= 15 is 8.78 Å². The van der Waals surface area contributed by atoms with E-state index in [2.05, 4.69) is 5.32 Å². The van der Waals surface area contributed by atoms with Gasteiger partial charge in [0.2, 0.25) is 5.91 Å². The Morgan fingerprint density at radius 1 is 1.23 bits per heavy atom. The molecule has 3 aromatic carbocycles. The number of hydrogen-bond donors (Lipinski definition) is 3. The van der Waals surface area contributed by atoms with E-state index in [9.17, 15) is 4.79 Å². The normalized spacial score (nSPS) is 18.7. The lowest BCUT2D eigenvalue weighted by Crippen LogP contribution is -2.43. The smallest absolute Gasteiger partial charge is 0.249 e. The lowest BCUT2D eigenvalue weighted by molar-refractivity contribution is 0.0719. The van der Waals surface area contributed by atoms with Crippen molar-refractivity contribution >= 4 is 17.5 Å². The van der Waals surface area contributed by atoms with Crippen molar-refractivity contribution in [3.63, 3.8) is 0 Å². The van der Waals surface area contributed by atoms with Crippen LogP contribution in [0.1, 0.15) is 34.3 Å². The van der Waals surface area contributed by atoms with Crippen LogP contribution in [0, 0.1) is 11.6 Å². The molecule has 0 aromatic heterocycles. The molecule has 1 aliphatic heterocycles. The van der Waals surface area contributed by atoms with E-state index in [1.165, 1.54) is 18.2 Å². The number of nitrogens with one attached hydrogen (secondary N) is 1. The van der Waals surface area contributed by atoms with Crippen molar-refractivity contribution in [2.45, 2.75) is 18.4 Å². The molecule has 1 aliphatic rings. The number of aliphatic hydroxyl groups excluding tert-OH is 1. The van der Waals surface area contributed by atoms with Gasteiger partial charge in [-0.15, -0.1) is 0 Å². The van der Waals surface area contributed by atoms with Gasteiger partial charge >= 0.3 is 0 Å². The van der Waals surface area contributed by atoms with Gasteiger partial charge in [-0.05, 0) is 24.7 Å². The summed E-state index contributed by atoms with van der Waals surface area (Å²) in [7, 11) is 1.77. The van der Waals surface area contributed by atoms with Crippen molar-refractivity contribution in [3.05, 3.63) is 81.9 Å². The molecule has 3 aromatic rings. The molecule has 0 aliphatic carbocycles. The summed E-state index contributed by atoms with van der Waals surface area (Å²) in [6.07, 6.45) is 0. The number of hydrogen-bond acceptors (Lipinski definition) is 5. The third-order valence-electron chi connectivity index (χ3n) is 6.32. The summed E-state index contributed by atoms with van der Waals surface area (Å²) in [5, 5.41) is 11.9. The maximum Gasteiger partial charge on any atom is 0.249 e. The van der Waals surface area contributed by atoms with Crippen molar-refractivity contribution in [1.82, 2.24) is 5.32 Å². The zero-order valence-electron chi connectivity index (χ0n) is 19.2. The van der Waals surface area contributed by atoms with E-state index < -0.39 is 29.1 Å². The third kappa shape index (κ3) is 4.11. The largest absolute Gasteiger partial charge is 0.488 e. The second-order valence-electron chi connectivity index (χ2n) is 8.31. The molecular formula is C26H25ClF2N2O4. The highest BCUT2D eigenvalue weighted by molar-refractivity contribution is 6.34. The summed E-state index contributed by atoms with van der Waals surface area (Å²) in [6, 6.07) is 13.1. The molecule has 2 atom stereocenters. The number of carbonyl (C=O) groups is 1. The number of amides is 1. The van der Waals surface area contributed by atoms with Gasteiger partial charge in [0.1, 0.15) is 18.2 Å². The minimum atomic E-state index is -0.960. The van der Waals surface area contributed by atoms with E-state index in [-0.39, 0.29) is 46.4 Å². The molecule has 184 valence electrons. The Hall–Kier alpha value is -3.20. The number of carbonyl (C=O) groups excluding carboxylic acids is 1. The summed E-state index contributed by atoms with van der Waals surface area (Å²) in [5.74, 6) is -3.19. The molecule has 2 unspecified atom stereocenters. The van der Waals surface area contributed by atoms with Gasteiger partial charge in [0.25, 0.3) is 0 Å². The second kappa shape index (κ2) is 9.81. The van der Waals surface area contributed by atoms with Crippen LogP contribution in [0.4, 0.5) is 8.78 Å². The Balaban J connectivity index is 2.02. The standard InChI is InChI=1S/C26H25ClF2N2O4/c1-14-20-19(35-26(14,13-31-2)15-6-4-3-5-7-15)12-17(28)23(27)22(20)21-16(25(30)33)8-9-18(24(21)29)34-11-10-32/h3-9,12,14,31-32H,10-11,13H2,1-2H3,(H2,30,33). The number of benzene rings is 3. The number of likely N-dealkylation sites (N-methyl/N-ethyl adjacent to an activating group) is 1. The van der Waals surface area contributed by atoms with E-state index in [1.54, 1.807) is 7.05 Å². The van der Waals surface area contributed by atoms with Crippen LogP contribution in [-0.4, -0.2) is 37.8 Å². The minimum absolute atomic E-state index is 0.0242. The van der Waals surface area contributed by atoms with Gasteiger partial charge in [0, 0.05) is 35.2 Å². The molecule has 4 N–H and O–H groups in total. The predicted octanol–water partition coefficient (Wildman–Crippen LogP) is 4.37. The second-order valence-corrected chi connectivity index (χ2v) is 8.68. The summed E-state index contributed by atoms with van der Waals surface area (Å²) in [6.45, 7) is 1.70. The molecule has 0 saturated heterocycles. The number of fused-ring (bicyclic) bond motifs is 1. The topological polar surface area (TPSA) is 93.8 Å². The van der Waals surface area contributed by atoms with Crippen molar-refractivity contribution in [3.8, 4) is 22.6 Å². The van der Waals surface area contributed by atoms with Crippen LogP contribution in [0.25, 0.3) is 11.1 Å². The zero-order chi connectivity index (χ0) is 25.3. The quantitative estimate of drug-likeness (QED) is 0.425. The van der Waals surface area contributed by atoms with E-state index in [0.717, 1.165) is 5.56 Å². The van der Waals surface area contributed by atoms with Crippen molar-refractivity contribution < 1.29 is 28.2 Å². The number of aliphatic hydroxyl groups is 1. The number of rotatable bonds is 8. The van der Waals surface area contributed by atoms with Crippen LogP contribution >= 0.6 is 11.6 Å². The van der Waals surface area contributed by atoms with Gasteiger partial charge in [-0.2, -0.15) is 0 Å². The van der Waals surface area contributed by atoms with Gasteiger partial charge < -0.3 is 25.6 Å². The van der Waals surface area contributed by atoms with Crippen LogP contribution in [0.3, 0.4) is 0 Å². The van der Waals surface area contributed by atoms with Crippen LogP contribution in [-0.2, 0) is 5.60 Å². The van der Waals surface area contributed by atoms with Crippen LogP contribution < -0.4 is 20.5 Å². The zero-order valence-corrected chi connectivity index (χ0v) is 20.0. The van der Waals surface area contributed by atoms with Gasteiger partial charge in [-0.1, -0.05) is 48.9 Å². The van der Waals surface area contributed by atoms with Crippen molar-refractivity contribution in [2.24, 2.45) is 5.73 Å². The Bertz CT molecular complexity index is 1270. The molecule has 35 heavy (non-hydrogen) atoms. The first-order valence-corrected chi connectivity index (χ1v) is 11.4. The average Bonchev–Trinajstić information content (AvgIpc) is 3.12.